The van der Waals surface area contributed by atoms with Crippen molar-refractivity contribution < 1.29 is 24.9 Å². The van der Waals surface area contributed by atoms with Crippen LogP contribution in [-0.4, -0.2) is 53.0 Å². The Morgan fingerprint density at radius 3 is 2.53 bits per heavy atom. The first kappa shape index (κ1) is 15.1. The van der Waals surface area contributed by atoms with Crippen LogP contribution < -0.4 is 10.6 Å². The Morgan fingerprint density at radius 1 is 1.21 bits per heavy atom. The summed E-state index contributed by atoms with van der Waals surface area (Å²) < 4.78 is 0. The van der Waals surface area contributed by atoms with Crippen LogP contribution in [-0.2, 0) is 4.79 Å². The zero-order valence-electron chi connectivity index (χ0n) is 10.2. The standard InChI is InChI=1S/C12H16N2O5/c15-6-8(17)5-13-12(19)9-3-1-2-4-10(9)14-11(18)7-16/h1-4,8,15-17H,5-7H2,(H,13,19)(H,14,18). The molecule has 0 heterocycles. The van der Waals surface area contributed by atoms with Crippen LogP contribution in [0.4, 0.5) is 5.69 Å². The van der Waals surface area contributed by atoms with Crippen LogP contribution in [0.1, 0.15) is 10.4 Å². The molecule has 5 N–H and O–H groups in total. The number of aliphatic hydroxyl groups excluding tert-OH is 3. The van der Waals surface area contributed by atoms with Crippen molar-refractivity contribution in [2.75, 3.05) is 25.1 Å². The van der Waals surface area contributed by atoms with E-state index >= 15 is 0 Å². The molecular formula is C12H16N2O5. The summed E-state index contributed by atoms with van der Waals surface area (Å²) in [5.41, 5.74) is 0.465. The van der Waals surface area contributed by atoms with Gasteiger partial charge in [-0.1, -0.05) is 12.1 Å². The van der Waals surface area contributed by atoms with Crippen LogP contribution in [0.2, 0.25) is 0 Å². The molecular weight excluding hydrogens is 252 g/mol. The first-order valence-electron chi connectivity index (χ1n) is 5.65. The van der Waals surface area contributed by atoms with Gasteiger partial charge in [0.1, 0.15) is 6.61 Å². The van der Waals surface area contributed by atoms with Crippen molar-refractivity contribution >= 4 is 17.5 Å². The molecule has 0 aliphatic rings. The molecule has 19 heavy (non-hydrogen) atoms. The molecule has 0 fully saturated rings. The van der Waals surface area contributed by atoms with E-state index in [-0.39, 0.29) is 17.8 Å². The summed E-state index contributed by atoms with van der Waals surface area (Å²) in [6.07, 6.45) is -1.04. The summed E-state index contributed by atoms with van der Waals surface area (Å²) in [4.78, 5) is 22.9. The Morgan fingerprint density at radius 2 is 1.89 bits per heavy atom. The SMILES string of the molecule is O=C(CO)Nc1ccccc1C(=O)NCC(O)CO. The van der Waals surface area contributed by atoms with E-state index in [9.17, 15) is 9.59 Å². The highest BCUT2D eigenvalue weighted by Gasteiger charge is 2.13. The normalized spacial score (nSPS) is 11.7. The Kier molecular flexibility index (Phi) is 5.94. The number of carbonyl (C=O) groups excluding carboxylic acids is 2. The predicted octanol–water partition coefficient (Wildman–Crippen LogP) is -1.30. The quantitative estimate of drug-likeness (QED) is 0.439. The van der Waals surface area contributed by atoms with Gasteiger partial charge < -0.3 is 26.0 Å². The Hall–Kier alpha value is -1.96. The van der Waals surface area contributed by atoms with Crippen molar-refractivity contribution in [3.05, 3.63) is 29.8 Å². The fourth-order valence-electron chi connectivity index (χ4n) is 1.35. The van der Waals surface area contributed by atoms with Gasteiger partial charge in [0.05, 0.1) is 24.0 Å². The van der Waals surface area contributed by atoms with Gasteiger partial charge >= 0.3 is 0 Å². The minimum Gasteiger partial charge on any atom is -0.394 e. The number of nitrogens with one attached hydrogen (secondary N) is 2. The van der Waals surface area contributed by atoms with E-state index in [0.29, 0.717) is 0 Å². The van der Waals surface area contributed by atoms with Crippen LogP contribution >= 0.6 is 0 Å². The monoisotopic (exact) mass is 268 g/mol. The van der Waals surface area contributed by atoms with Crippen LogP contribution in [0.3, 0.4) is 0 Å². The van der Waals surface area contributed by atoms with Crippen LogP contribution in [0.5, 0.6) is 0 Å². The van der Waals surface area contributed by atoms with Crippen molar-refractivity contribution in [1.29, 1.82) is 0 Å². The number of aliphatic hydroxyl groups is 3. The maximum Gasteiger partial charge on any atom is 0.253 e. The molecule has 0 bridgehead atoms. The van der Waals surface area contributed by atoms with E-state index in [1.165, 1.54) is 12.1 Å². The van der Waals surface area contributed by atoms with Gasteiger partial charge in [-0.25, -0.2) is 0 Å². The molecule has 7 nitrogen and oxygen atoms in total. The summed E-state index contributed by atoms with van der Waals surface area (Å²) >= 11 is 0. The minimum atomic E-state index is -1.04. The zero-order valence-corrected chi connectivity index (χ0v) is 10.2. The van der Waals surface area contributed by atoms with Crippen molar-refractivity contribution in [3.8, 4) is 0 Å². The Labute approximate surface area is 109 Å². The summed E-state index contributed by atoms with van der Waals surface area (Å²) in [6, 6.07) is 6.26. The summed E-state index contributed by atoms with van der Waals surface area (Å²) in [7, 11) is 0. The van der Waals surface area contributed by atoms with Crippen molar-refractivity contribution in [3.63, 3.8) is 0 Å². The average Bonchev–Trinajstić information content (AvgIpc) is 2.44. The van der Waals surface area contributed by atoms with Crippen molar-refractivity contribution in [2.24, 2.45) is 0 Å². The number of hydrogen-bond donors (Lipinski definition) is 5. The summed E-state index contributed by atoms with van der Waals surface area (Å²) in [5.74, 6) is -1.13. The van der Waals surface area contributed by atoms with E-state index < -0.39 is 31.1 Å². The van der Waals surface area contributed by atoms with Gasteiger partial charge in [-0.3, -0.25) is 9.59 Å². The number of anilines is 1. The molecule has 0 saturated heterocycles. The maximum atomic E-state index is 11.8. The van der Waals surface area contributed by atoms with Crippen LogP contribution in [0.25, 0.3) is 0 Å². The lowest BCUT2D eigenvalue weighted by Crippen LogP contribution is -2.34. The number of hydrogen-bond acceptors (Lipinski definition) is 5. The van der Waals surface area contributed by atoms with Gasteiger partial charge in [-0.15, -0.1) is 0 Å². The minimum absolute atomic E-state index is 0.0996. The molecule has 0 aliphatic carbocycles. The van der Waals surface area contributed by atoms with E-state index in [2.05, 4.69) is 10.6 Å². The van der Waals surface area contributed by atoms with Gasteiger partial charge in [0, 0.05) is 6.54 Å². The van der Waals surface area contributed by atoms with Gasteiger partial charge in [0.15, 0.2) is 0 Å². The van der Waals surface area contributed by atoms with Crippen LogP contribution in [0, 0.1) is 0 Å². The molecule has 2 amide bonds. The molecule has 1 rings (SSSR count). The summed E-state index contributed by atoms with van der Waals surface area (Å²) in [5, 5.41) is 31.2. The average molecular weight is 268 g/mol. The molecule has 0 saturated carbocycles. The smallest absolute Gasteiger partial charge is 0.253 e. The second kappa shape index (κ2) is 7.47. The van der Waals surface area contributed by atoms with E-state index in [4.69, 9.17) is 15.3 Å². The lowest BCUT2D eigenvalue weighted by molar-refractivity contribution is -0.118. The molecule has 104 valence electrons. The topological polar surface area (TPSA) is 119 Å². The number of para-hydroxylation sites is 1. The third kappa shape index (κ3) is 4.66. The first-order chi connectivity index (χ1) is 9.08. The van der Waals surface area contributed by atoms with E-state index in [1.54, 1.807) is 12.1 Å². The highest BCUT2D eigenvalue weighted by Crippen LogP contribution is 2.14. The Balaban J connectivity index is 2.76. The largest absolute Gasteiger partial charge is 0.394 e. The van der Waals surface area contributed by atoms with Gasteiger partial charge in [0.2, 0.25) is 5.91 Å². The Bertz CT molecular complexity index is 450. The molecule has 0 radical (unpaired) electrons. The number of benzene rings is 1. The lowest BCUT2D eigenvalue weighted by atomic mass is 10.1. The van der Waals surface area contributed by atoms with Gasteiger partial charge in [-0.2, -0.15) is 0 Å². The number of carbonyl (C=O) groups is 2. The fraction of sp³-hybridized carbons (Fsp3) is 0.333. The number of amides is 2. The molecule has 1 aromatic rings. The van der Waals surface area contributed by atoms with Crippen LogP contribution in [0.15, 0.2) is 24.3 Å². The zero-order chi connectivity index (χ0) is 14.3. The molecule has 0 spiro atoms. The molecule has 7 heteroatoms. The second-order valence-electron chi connectivity index (χ2n) is 3.80. The predicted molar refractivity (Wildman–Crippen MR) is 67.6 cm³/mol. The van der Waals surface area contributed by atoms with Crippen molar-refractivity contribution in [1.82, 2.24) is 5.32 Å². The summed E-state index contributed by atoms with van der Waals surface area (Å²) in [6.45, 7) is -1.24. The highest BCUT2D eigenvalue weighted by molar-refractivity contribution is 6.03. The molecule has 0 aliphatic heterocycles. The van der Waals surface area contributed by atoms with E-state index in [0.717, 1.165) is 0 Å². The van der Waals surface area contributed by atoms with Gasteiger partial charge in [-0.05, 0) is 12.1 Å². The van der Waals surface area contributed by atoms with Gasteiger partial charge in [0.25, 0.3) is 5.91 Å². The number of rotatable bonds is 6. The lowest BCUT2D eigenvalue weighted by Gasteiger charge is -2.12. The fourth-order valence-corrected chi connectivity index (χ4v) is 1.35. The molecule has 1 atom stereocenters. The molecule has 1 aromatic carbocycles. The van der Waals surface area contributed by atoms with E-state index in [1.807, 2.05) is 0 Å². The molecule has 0 aromatic heterocycles. The first-order valence-corrected chi connectivity index (χ1v) is 5.65. The second-order valence-corrected chi connectivity index (χ2v) is 3.80. The highest BCUT2D eigenvalue weighted by atomic mass is 16.3. The molecule has 1 unspecified atom stereocenters. The van der Waals surface area contributed by atoms with Crippen molar-refractivity contribution in [2.45, 2.75) is 6.10 Å². The maximum absolute atomic E-state index is 11.8. The third-order valence-corrected chi connectivity index (χ3v) is 2.30. The third-order valence-electron chi connectivity index (χ3n) is 2.30.